The number of hydrogen-bond acceptors (Lipinski definition) is 5. The molecule has 4 aromatic rings. The van der Waals surface area contributed by atoms with Crippen LogP contribution in [0.15, 0.2) is 57.8 Å². The highest BCUT2D eigenvalue weighted by molar-refractivity contribution is 6.08. The number of halogens is 1. The van der Waals surface area contributed by atoms with Crippen LogP contribution in [-0.2, 0) is 10.3 Å². The molecule has 1 aliphatic carbocycles. The van der Waals surface area contributed by atoms with E-state index in [0.29, 0.717) is 42.1 Å². The zero-order chi connectivity index (χ0) is 25.0. The molecule has 8 nitrogen and oxygen atoms in total. The lowest BCUT2D eigenvalue weighted by molar-refractivity contribution is 0.0853. The van der Waals surface area contributed by atoms with Crippen molar-refractivity contribution in [2.75, 3.05) is 25.2 Å². The van der Waals surface area contributed by atoms with Crippen LogP contribution in [0, 0.1) is 11.7 Å². The van der Waals surface area contributed by atoms with E-state index in [2.05, 4.69) is 10.1 Å². The predicted octanol–water partition coefficient (Wildman–Crippen LogP) is 4.41. The van der Waals surface area contributed by atoms with E-state index < -0.39 is 17.1 Å². The number of amides is 1. The number of aromatic nitrogens is 3. The van der Waals surface area contributed by atoms with Gasteiger partial charge in [-0.3, -0.25) is 14.3 Å². The molecule has 6 rings (SSSR count). The third kappa shape index (κ3) is 3.49. The Morgan fingerprint density at radius 2 is 1.92 bits per heavy atom. The lowest BCUT2D eigenvalue weighted by atomic mass is 9.91. The number of nitrogens with one attached hydrogen (secondary N) is 1. The summed E-state index contributed by atoms with van der Waals surface area (Å²) in [5, 5.41) is 4.61. The fourth-order valence-electron chi connectivity index (χ4n) is 5.67. The minimum atomic E-state index is -0.891. The minimum Gasteiger partial charge on any atom is -0.381 e. The Kier molecular flexibility index (Phi) is 5.33. The molecule has 186 valence electrons. The smallest absolute Gasteiger partial charge is 0.381 e. The Hall–Kier alpha value is -3.72. The normalized spacial score (nSPS) is 22.1. The van der Waals surface area contributed by atoms with Crippen molar-refractivity contribution < 1.29 is 18.4 Å². The number of carbonyl (C=O) groups is 1. The summed E-state index contributed by atoms with van der Waals surface area (Å²) < 4.78 is 28.0. The van der Waals surface area contributed by atoms with Gasteiger partial charge in [0.25, 0.3) is 5.91 Å². The molecule has 0 spiro atoms. The van der Waals surface area contributed by atoms with Gasteiger partial charge in [-0.25, -0.2) is 9.18 Å². The number of ether oxygens (including phenoxy) is 1. The van der Waals surface area contributed by atoms with Gasteiger partial charge in [-0.15, -0.1) is 0 Å². The summed E-state index contributed by atoms with van der Waals surface area (Å²) in [5.74, 6) is -0.878. The van der Waals surface area contributed by atoms with Crippen LogP contribution in [0.1, 0.15) is 54.0 Å². The molecule has 36 heavy (non-hydrogen) atoms. The highest BCUT2D eigenvalue weighted by Gasteiger charge is 2.59. The van der Waals surface area contributed by atoms with E-state index in [4.69, 9.17) is 9.26 Å². The number of hydrogen-bond donors (Lipinski definition) is 1. The minimum absolute atomic E-state index is 0.00278. The van der Waals surface area contributed by atoms with Gasteiger partial charge in [0.05, 0.1) is 5.52 Å². The Morgan fingerprint density at radius 1 is 1.19 bits per heavy atom. The molecule has 2 aromatic heterocycles. The highest BCUT2D eigenvalue weighted by Crippen LogP contribution is 2.56. The molecule has 2 fully saturated rings. The van der Waals surface area contributed by atoms with Crippen molar-refractivity contribution in [1.29, 1.82) is 0 Å². The first-order valence-electron chi connectivity index (χ1n) is 12.2. The molecule has 1 saturated heterocycles. The zero-order valence-corrected chi connectivity index (χ0v) is 20.2. The molecular weight excluding hydrogens is 463 g/mol. The van der Waals surface area contributed by atoms with Crippen molar-refractivity contribution in [2.24, 2.45) is 5.92 Å². The number of H-pyrrole nitrogens is 1. The predicted molar refractivity (Wildman–Crippen MR) is 132 cm³/mol. The molecular formula is C27H27FN4O4. The number of aromatic amines is 1. The molecule has 3 heterocycles. The number of fused-ring (bicyclic) bond motifs is 1. The van der Waals surface area contributed by atoms with Crippen LogP contribution in [0.4, 0.5) is 10.1 Å². The Labute approximate surface area is 206 Å². The molecule has 0 radical (unpaired) electrons. The van der Waals surface area contributed by atoms with Crippen LogP contribution >= 0.6 is 0 Å². The lowest BCUT2D eigenvalue weighted by Gasteiger charge is -2.24. The SMILES string of the molecule is C[C@H]1C[C@]1(c1noc(=O)[nH]1)n1c(C(=O)N(C)c2ccccc2)cc2cc(C3CCOCC3)cc(F)c21. The monoisotopic (exact) mass is 490 g/mol. The van der Waals surface area contributed by atoms with Crippen molar-refractivity contribution >= 4 is 22.5 Å². The molecule has 0 bridgehead atoms. The quantitative estimate of drug-likeness (QED) is 0.447. The molecule has 0 unspecified atom stereocenters. The molecule has 2 aromatic carbocycles. The fourth-order valence-corrected chi connectivity index (χ4v) is 5.67. The fraction of sp³-hybridized carbons (Fsp3) is 0.370. The highest BCUT2D eigenvalue weighted by atomic mass is 19.1. The van der Waals surface area contributed by atoms with Gasteiger partial charge in [-0.05, 0) is 67.0 Å². The van der Waals surface area contributed by atoms with Gasteiger partial charge in [0, 0.05) is 31.3 Å². The number of benzene rings is 2. The summed E-state index contributed by atoms with van der Waals surface area (Å²) in [6.45, 7) is 3.29. The van der Waals surface area contributed by atoms with Crippen LogP contribution in [0.3, 0.4) is 0 Å². The second-order valence-corrected chi connectivity index (χ2v) is 9.86. The largest absolute Gasteiger partial charge is 0.438 e. The molecule has 2 aliphatic rings. The van der Waals surface area contributed by atoms with E-state index >= 15 is 4.39 Å². The van der Waals surface area contributed by atoms with Crippen molar-refractivity contribution in [1.82, 2.24) is 14.7 Å². The van der Waals surface area contributed by atoms with E-state index in [9.17, 15) is 9.59 Å². The molecule has 1 amide bonds. The van der Waals surface area contributed by atoms with Crippen molar-refractivity contribution in [3.8, 4) is 0 Å². The summed E-state index contributed by atoms with van der Waals surface area (Å²) in [5.41, 5.74) is 1.38. The maximum Gasteiger partial charge on any atom is 0.438 e. The van der Waals surface area contributed by atoms with Gasteiger partial charge in [-0.2, -0.15) is 0 Å². The number of para-hydroxylation sites is 1. The van der Waals surface area contributed by atoms with E-state index in [0.717, 1.165) is 24.1 Å². The van der Waals surface area contributed by atoms with Crippen LogP contribution in [0.25, 0.3) is 10.9 Å². The Morgan fingerprint density at radius 3 is 2.56 bits per heavy atom. The summed E-state index contributed by atoms with van der Waals surface area (Å²) in [4.78, 5) is 30.0. The first kappa shape index (κ1) is 22.7. The second-order valence-electron chi connectivity index (χ2n) is 9.86. The molecule has 9 heteroatoms. The van der Waals surface area contributed by atoms with Crippen molar-refractivity contribution in [3.05, 3.63) is 82.0 Å². The molecule has 2 atom stereocenters. The molecule has 1 saturated carbocycles. The van der Waals surface area contributed by atoms with Crippen LogP contribution in [-0.4, -0.2) is 40.9 Å². The topological polar surface area (TPSA) is 93.4 Å². The third-order valence-corrected chi connectivity index (χ3v) is 7.75. The Balaban J connectivity index is 1.56. The second kappa shape index (κ2) is 8.44. The van der Waals surface area contributed by atoms with Crippen LogP contribution < -0.4 is 10.7 Å². The van der Waals surface area contributed by atoms with Crippen molar-refractivity contribution in [3.63, 3.8) is 0 Å². The van der Waals surface area contributed by atoms with Crippen LogP contribution in [0.5, 0.6) is 0 Å². The van der Waals surface area contributed by atoms with Crippen molar-refractivity contribution in [2.45, 2.75) is 37.6 Å². The maximum absolute atomic E-state index is 16.0. The summed E-state index contributed by atoms with van der Waals surface area (Å²) >= 11 is 0. The lowest BCUT2D eigenvalue weighted by Crippen LogP contribution is -2.33. The third-order valence-electron chi connectivity index (χ3n) is 7.75. The summed E-state index contributed by atoms with van der Waals surface area (Å²) in [6.07, 6.45) is 2.24. The van der Waals surface area contributed by atoms with Gasteiger partial charge in [0.2, 0.25) is 0 Å². The van der Waals surface area contributed by atoms with E-state index in [1.807, 2.05) is 43.3 Å². The standard InChI is InChI=1S/C27H27FN4O4/c1-16-15-27(16,25-29-26(34)36-30-25)32-22(24(33)31(2)20-6-4-3-5-7-20)14-19-12-18(13-21(28)23(19)32)17-8-10-35-11-9-17/h3-7,12-14,16-17H,8-11,15H2,1-2H3,(H,29,30,34)/t16-,27-/m0/s1. The first-order chi connectivity index (χ1) is 17.4. The number of nitrogens with zero attached hydrogens (tertiary/aromatic N) is 3. The van der Waals surface area contributed by atoms with Gasteiger partial charge in [0.15, 0.2) is 5.82 Å². The average molecular weight is 491 g/mol. The van der Waals surface area contributed by atoms with Gasteiger partial charge >= 0.3 is 5.76 Å². The average Bonchev–Trinajstić information content (AvgIpc) is 3.20. The van der Waals surface area contributed by atoms with E-state index in [1.165, 1.54) is 0 Å². The van der Waals surface area contributed by atoms with Gasteiger partial charge < -0.3 is 14.2 Å². The first-order valence-corrected chi connectivity index (χ1v) is 12.2. The van der Waals surface area contributed by atoms with Gasteiger partial charge in [-0.1, -0.05) is 30.3 Å². The number of anilines is 1. The van der Waals surface area contributed by atoms with E-state index in [1.54, 1.807) is 28.6 Å². The number of carbonyl (C=O) groups excluding carboxylic acids is 1. The summed E-state index contributed by atoms with van der Waals surface area (Å²) in [6, 6.07) is 14.6. The molecule has 1 N–H and O–H groups in total. The van der Waals surface area contributed by atoms with E-state index in [-0.39, 0.29) is 17.7 Å². The molecule has 1 aliphatic heterocycles. The van der Waals surface area contributed by atoms with Gasteiger partial charge in [0.1, 0.15) is 17.1 Å². The maximum atomic E-state index is 16.0. The zero-order valence-electron chi connectivity index (χ0n) is 20.2. The Bertz CT molecular complexity index is 1500. The summed E-state index contributed by atoms with van der Waals surface area (Å²) in [7, 11) is 1.70. The van der Waals surface area contributed by atoms with Crippen LogP contribution in [0.2, 0.25) is 0 Å². The number of rotatable bonds is 5.